The highest BCUT2D eigenvalue weighted by atomic mass is 19.1. The second-order valence-electron chi connectivity index (χ2n) is 3.68. The average Bonchev–Trinajstić information content (AvgIpc) is 2.57. The Hall–Kier alpha value is -2.57. The quantitative estimate of drug-likeness (QED) is 0.747. The summed E-state index contributed by atoms with van der Waals surface area (Å²) in [6.07, 6.45) is -0.355. The Bertz CT molecular complexity index is 609. The number of carbonyl (C=O) groups is 1. The van der Waals surface area contributed by atoms with E-state index in [1.54, 1.807) is 6.07 Å². The van der Waals surface area contributed by atoms with Crippen molar-refractivity contribution in [2.24, 2.45) is 0 Å². The molecule has 0 aliphatic carbocycles. The van der Waals surface area contributed by atoms with Crippen LogP contribution in [0.4, 0.5) is 16.0 Å². The SMILES string of the molecule is Nc1nn(-c2ccccc2F)c(N)c1CC(=O)O. The summed E-state index contributed by atoms with van der Waals surface area (Å²) in [5.41, 5.74) is 11.6. The zero-order valence-corrected chi connectivity index (χ0v) is 9.30. The van der Waals surface area contributed by atoms with Crippen molar-refractivity contribution in [3.05, 3.63) is 35.6 Å². The molecule has 0 unspecified atom stereocenters. The van der Waals surface area contributed by atoms with Crippen molar-refractivity contribution in [2.45, 2.75) is 6.42 Å². The van der Waals surface area contributed by atoms with Crippen LogP contribution in [0.5, 0.6) is 0 Å². The Morgan fingerprint density at radius 2 is 2.06 bits per heavy atom. The van der Waals surface area contributed by atoms with Crippen LogP contribution >= 0.6 is 0 Å². The Morgan fingerprint density at radius 1 is 1.39 bits per heavy atom. The lowest BCUT2D eigenvalue weighted by molar-refractivity contribution is -0.136. The van der Waals surface area contributed by atoms with E-state index in [4.69, 9.17) is 16.6 Å². The number of hydrogen-bond acceptors (Lipinski definition) is 4. The highest BCUT2D eigenvalue weighted by Crippen LogP contribution is 2.24. The summed E-state index contributed by atoms with van der Waals surface area (Å²) in [6.45, 7) is 0. The van der Waals surface area contributed by atoms with E-state index in [0.717, 1.165) is 4.68 Å². The lowest BCUT2D eigenvalue weighted by atomic mass is 10.2. The van der Waals surface area contributed by atoms with Gasteiger partial charge in [-0.05, 0) is 12.1 Å². The molecule has 0 radical (unpaired) electrons. The van der Waals surface area contributed by atoms with Gasteiger partial charge in [0.15, 0.2) is 5.82 Å². The molecule has 0 spiro atoms. The zero-order valence-electron chi connectivity index (χ0n) is 9.30. The third kappa shape index (κ3) is 1.97. The molecule has 0 saturated heterocycles. The van der Waals surface area contributed by atoms with Gasteiger partial charge < -0.3 is 16.6 Å². The van der Waals surface area contributed by atoms with Gasteiger partial charge in [-0.2, -0.15) is 0 Å². The monoisotopic (exact) mass is 250 g/mol. The Kier molecular flexibility index (Phi) is 2.88. The van der Waals surface area contributed by atoms with Gasteiger partial charge >= 0.3 is 5.97 Å². The fourth-order valence-electron chi connectivity index (χ4n) is 1.62. The van der Waals surface area contributed by atoms with Gasteiger partial charge in [0.05, 0.1) is 6.42 Å². The largest absolute Gasteiger partial charge is 0.481 e. The lowest BCUT2D eigenvalue weighted by Crippen LogP contribution is -2.07. The molecular formula is C11H11FN4O2. The van der Waals surface area contributed by atoms with Gasteiger partial charge in [-0.25, -0.2) is 9.07 Å². The number of carboxylic acids is 1. The Labute approximate surface area is 102 Å². The van der Waals surface area contributed by atoms with E-state index in [2.05, 4.69) is 5.10 Å². The summed E-state index contributed by atoms with van der Waals surface area (Å²) >= 11 is 0. The highest BCUT2D eigenvalue weighted by Gasteiger charge is 2.18. The maximum absolute atomic E-state index is 13.6. The minimum Gasteiger partial charge on any atom is -0.481 e. The third-order valence-corrected chi connectivity index (χ3v) is 2.46. The van der Waals surface area contributed by atoms with Gasteiger partial charge in [-0.15, -0.1) is 5.10 Å². The molecule has 0 fully saturated rings. The summed E-state index contributed by atoms with van der Waals surface area (Å²) in [5.74, 6) is -1.59. The minimum absolute atomic E-state index is 0.0156. The zero-order chi connectivity index (χ0) is 13.3. The lowest BCUT2D eigenvalue weighted by Gasteiger charge is -2.05. The van der Waals surface area contributed by atoms with Gasteiger partial charge in [0.2, 0.25) is 0 Å². The molecule has 94 valence electrons. The predicted octanol–water partition coefficient (Wildman–Crippen LogP) is 0.803. The summed E-state index contributed by atoms with van der Waals surface area (Å²) in [6, 6.07) is 5.87. The fourth-order valence-corrected chi connectivity index (χ4v) is 1.62. The molecule has 5 N–H and O–H groups in total. The maximum atomic E-state index is 13.6. The van der Waals surface area contributed by atoms with Crippen molar-refractivity contribution in [2.75, 3.05) is 11.5 Å². The topological polar surface area (TPSA) is 107 Å². The number of nitrogens with zero attached hydrogens (tertiary/aromatic N) is 2. The number of rotatable bonds is 3. The second kappa shape index (κ2) is 4.36. The first-order valence-electron chi connectivity index (χ1n) is 5.10. The van der Waals surface area contributed by atoms with Crippen molar-refractivity contribution in [1.82, 2.24) is 9.78 Å². The molecule has 2 rings (SSSR count). The molecule has 0 bridgehead atoms. The second-order valence-corrected chi connectivity index (χ2v) is 3.68. The highest BCUT2D eigenvalue weighted by molar-refractivity contribution is 5.75. The van der Waals surface area contributed by atoms with Crippen molar-refractivity contribution in [3.8, 4) is 5.69 Å². The molecule has 18 heavy (non-hydrogen) atoms. The van der Waals surface area contributed by atoms with E-state index in [1.807, 2.05) is 0 Å². The standard InChI is InChI=1S/C11H11FN4O2/c12-7-3-1-2-4-8(7)16-11(14)6(5-9(17)18)10(13)15-16/h1-4H,5,14H2,(H2,13,15)(H,17,18). The number of nitrogens with two attached hydrogens (primary N) is 2. The van der Waals surface area contributed by atoms with Crippen LogP contribution in [-0.2, 0) is 11.2 Å². The number of anilines is 2. The molecular weight excluding hydrogens is 239 g/mol. The molecule has 2 aromatic rings. The van der Waals surface area contributed by atoms with Crippen molar-refractivity contribution in [3.63, 3.8) is 0 Å². The number of aliphatic carboxylic acids is 1. The fraction of sp³-hybridized carbons (Fsp3) is 0.0909. The van der Waals surface area contributed by atoms with Gasteiger partial charge in [-0.3, -0.25) is 4.79 Å². The molecule has 0 amide bonds. The number of hydrogen-bond donors (Lipinski definition) is 3. The normalized spacial score (nSPS) is 10.5. The molecule has 0 aliphatic heterocycles. The van der Waals surface area contributed by atoms with Crippen LogP contribution < -0.4 is 11.5 Å². The molecule has 1 aromatic heterocycles. The first-order chi connectivity index (χ1) is 8.50. The van der Waals surface area contributed by atoms with Crippen LogP contribution in [0.15, 0.2) is 24.3 Å². The number of aromatic nitrogens is 2. The summed E-state index contributed by atoms with van der Waals surface area (Å²) < 4.78 is 14.7. The van der Waals surface area contributed by atoms with Crippen LogP contribution in [-0.4, -0.2) is 20.9 Å². The Balaban J connectivity index is 2.54. The number of para-hydroxylation sites is 1. The maximum Gasteiger partial charge on any atom is 0.308 e. The van der Waals surface area contributed by atoms with Crippen LogP contribution in [0.25, 0.3) is 5.69 Å². The smallest absolute Gasteiger partial charge is 0.308 e. The first-order valence-corrected chi connectivity index (χ1v) is 5.10. The molecule has 1 heterocycles. The van der Waals surface area contributed by atoms with Gasteiger partial charge in [0.25, 0.3) is 0 Å². The first kappa shape index (κ1) is 11.9. The van der Waals surface area contributed by atoms with E-state index in [0.29, 0.717) is 0 Å². The molecule has 7 heteroatoms. The molecule has 0 saturated carbocycles. The van der Waals surface area contributed by atoms with Gasteiger partial charge in [0.1, 0.15) is 17.3 Å². The minimum atomic E-state index is -1.08. The summed E-state index contributed by atoms with van der Waals surface area (Å²) in [5, 5.41) is 12.6. The summed E-state index contributed by atoms with van der Waals surface area (Å²) in [4.78, 5) is 10.7. The van der Waals surface area contributed by atoms with Crippen LogP contribution in [0.3, 0.4) is 0 Å². The molecule has 1 aromatic carbocycles. The molecule has 6 nitrogen and oxygen atoms in total. The summed E-state index contributed by atoms with van der Waals surface area (Å²) in [7, 11) is 0. The van der Waals surface area contributed by atoms with E-state index >= 15 is 0 Å². The van der Waals surface area contributed by atoms with Crippen LogP contribution in [0.2, 0.25) is 0 Å². The Morgan fingerprint density at radius 3 is 2.67 bits per heavy atom. The van der Waals surface area contributed by atoms with Crippen LogP contribution in [0, 0.1) is 5.82 Å². The van der Waals surface area contributed by atoms with Gasteiger partial charge in [0, 0.05) is 5.56 Å². The predicted molar refractivity (Wildman–Crippen MR) is 63.7 cm³/mol. The number of carboxylic acid groups (broad SMARTS) is 1. The molecule has 0 atom stereocenters. The van der Waals surface area contributed by atoms with E-state index in [1.165, 1.54) is 18.2 Å². The van der Waals surface area contributed by atoms with E-state index in [-0.39, 0.29) is 29.3 Å². The number of nitrogen functional groups attached to an aromatic ring is 2. The van der Waals surface area contributed by atoms with Gasteiger partial charge in [-0.1, -0.05) is 12.1 Å². The van der Waals surface area contributed by atoms with E-state index < -0.39 is 11.8 Å². The van der Waals surface area contributed by atoms with E-state index in [9.17, 15) is 9.18 Å². The number of halogens is 1. The van der Waals surface area contributed by atoms with Crippen LogP contribution in [0.1, 0.15) is 5.56 Å². The number of benzene rings is 1. The molecule has 0 aliphatic rings. The third-order valence-electron chi connectivity index (χ3n) is 2.46. The van der Waals surface area contributed by atoms with Crippen molar-refractivity contribution >= 4 is 17.6 Å². The van der Waals surface area contributed by atoms with Crippen molar-refractivity contribution in [1.29, 1.82) is 0 Å². The van der Waals surface area contributed by atoms with Crippen molar-refractivity contribution < 1.29 is 14.3 Å². The average molecular weight is 250 g/mol.